The monoisotopic (exact) mass is 315 g/mol. The van der Waals surface area contributed by atoms with E-state index in [4.69, 9.17) is 4.74 Å². The summed E-state index contributed by atoms with van der Waals surface area (Å²) >= 11 is 0. The first-order chi connectivity index (χ1) is 10.8. The van der Waals surface area contributed by atoms with E-state index >= 15 is 0 Å². The van der Waals surface area contributed by atoms with Crippen LogP contribution in [-0.2, 0) is 4.79 Å². The maximum absolute atomic E-state index is 12.9. The Bertz CT molecular complexity index is 662. The number of nitrogens with one attached hydrogen (secondary N) is 1. The summed E-state index contributed by atoms with van der Waals surface area (Å²) in [6.07, 6.45) is -0.612. The first-order valence-electron chi connectivity index (χ1n) is 7.66. The SMILES string of the molecule is Cc1cc(C)cc(O[C@H](C)C(=O)N[C@@H](C)c2ccc(F)cc2)c1. The predicted octanol–water partition coefficient (Wildman–Crippen LogP) is 4.09. The Labute approximate surface area is 136 Å². The molecule has 2 aromatic carbocycles. The Morgan fingerprint density at radius 2 is 1.61 bits per heavy atom. The van der Waals surface area contributed by atoms with Crippen molar-refractivity contribution in [3.8, 4) is 5.75 Å². The lowest BCUT2D eigenvalue weighted by Gasteiger charge is -2.19. The van der Waals surface area contributed by atoms with Crippen LogP contribution in [0.3, 0.4) is 0 Å². The molecule has 0 saturated heterocycles. The van der Waals surface area contributed by atoms with Crippen LogP contribution >= 0.6 is 0 Å². The van der Waals surface area contributed by atoms with E-state index in [0.29, 0.717) is 5.75 Å². The smallest absolute Gasteiger partial charge is 0.261 e. The van der Waals surface area contributed by atoms with Gasteiger partial charge in [-0.15, -0.1) is 0 Å². The third-order valence-corrected chi connectivity index (χ3v) is 3.61. The normalized spacial score (nSPS) is 13.3. The maximum Gasteiger partial charge on any atom is 0.261 e. The first-order valence-corrected chi connectivity index (χ1v) is 7.66. The van der Waals surface area contributed by atoms with Crippen LogP contribution in [0, 0.1) is 19.7 Å². The molecule has 0 aliphatic carbocycles. The molecule has 0 aliphatic rings. The van der Waals surface area contributed by atoms with Gasteiger partial charge in [0.05, 0.1) is 6.04 Å². The minimum absolute atomic E-state index is 0.207. The van der Waals surface area contributed by atoms with Crippen LogP contribution in [0.5, 0.6) is 5.75 Å². The molecule has 0 spiro atoms. The number of carbonyl (C=O) groups is 1. The molecular formula is C19H22FNO2. The van der Waals surface area contributed by atoms with Gasteiger partial charge in [0.2, 0.25) is 0 Å². The lowest BCUT2D eigenvalue weighted by Crippen LogP contribution is -2.37. The summed E-state index contributed by atoms with van der Waals surface area (Å²) < 4.78 is 18.7. The minimum Gasteiger partial charge on any atom is -0.481 e. The standard InChI is InChI=1S/C19H22FNO2/c1-12-9-13(2)11-18(10-12)23-15(4)19(22)21-14(3)16-5-7-17(20)8-6-16/h5-11,14-15H,1-4H3,(H,21,22)/t14-,15+/m0/s1. The number of aryl methyl sites for hydroxylation is 2. The number of hydrogen-bond acceptors (Lipinski definition) is 2. The maximum atomic E-state index is 12.9. The fraction of sp³-hybridized carbons (Fsp3) is 0.316. The molecular weight excluding hydrogens is 293 g/mol. The summed E-state index contributed by atoms with van der Waals surface area (Å²) in [5.41, 5.74) is 3.03. The van der Waals surface area contributed by atoms with Crippen molar-refractivity contribution in [1.29, 1.82) is 0 Å². The third kappa shape index (κ3) is 4.81. The molecule has 0 unspecified atom stereocenters. The quantitative estimate of drug-likeness (QED) is 0.902. The largest absolute Gasteiger partial charge is 0.481 e. The molecule has 0 saturated carbocycles. The van der Waals surface area contributed by atoms with Crippen molar-refractivity contribution in [2.75, 3.05) is 0 Å². The summed E-state index contributed by atoms with van der Waals surface area (Å²) in [6, 6.07) is 11.7. The zero-order chi connectivity index (χ0) is 17.0. The van der Waals surface area contributed by atoms with Crippen LogP contribution in [0.4, 0.5) is 4.39 Å². The molecule has 4 heteroatoms. The molecule has 2 rings (SSSR count). The molecule has 1 amide bonds. The second-order valence-electron chi connectivity index (χ2n) is 5.87. The van der Waals surface area contributed by atoms with E-state index in [1.807, 2.05) is 39.0 Å². The van der Waals surface area contributed by atoms with Crippen LogP contribution < -0.4 is 10.1 Å². The highest BCUT2D eigenvalue weighted by Crippen LogP contribution is 2.18. The van der Waals surface area contributed by atoms with Gasteiger partial charge in [-0.2, -0.15) is 0 Å². The van der Waals surface area contributed by atoms with E-state index in [1.54, 1.807) is 19.1 Å². The van der Waals surface area contributed by atoms with Gasteiger partial charge in [-0.25, -0.2) is 4.39 Å². The fourth-order valence-electron chi connectivity index (χ4n) is 2.42. The van der Waals surface area contributed by atoms with Crippen LogP contribution in [0.2, 0.25) is 0 Å². The lowest BCUT2D eigenvalue weighted by molar-refractivity contribution is -0.127. The van der Waals surface area contributed by atoms with Gasteiger partial charge in [0.1, 0.15) is 11.6 Å². The molecule has 2 aromatic rings. The minimum atomic E-state index is -0.612. The number of amides is 1. The predicted molar refractivity (Wildman–Crippen MR) is 89.0 cm³/mol. The van der Waals surface area contributed by atoms with Gasteiger partial charge < -0.3 is 10.1 Å². The molecule has 2 atom stereocenters. The van der Waals surface area contributed by atoms with Crippen molar-refractivity contribution < 1.29 is 13.9 Å². The van der Waals surface area contributed by atoms with Gasteiger partial charge in [0, 0.05) is 0 Å². The number of benzene rings is 2. The topological polar surface area (TPSA) is 38.3 Å². The molecule has 0 bridgehead atoms. The average molecular weight is 315 g/mol. The average Bonchev–Trinajstić information content (AvgIpc) is 2.46. The van der Waals surface area contributed by atoms with Crippen molar-refractivity contribution in [3.05, 3.63) is 65.0 Å². The highest BCUT2D eigenvalue weighted by atomic mass is 19.1. The van der Waals surface area contributed by atoms with E-state index in [-0.39, 0.29) is 17.8 Å². The highest BCUT2D eigenvalue weighted by Gasteiger charge is 2.18. The third-order valence-electron chi connectivity index (χ3n) is 3.61. The Morgan fingerprint density at radius 3 is 2.17 bits per heavy atom. The van der Waals surface area contributed by atoms with Gasteiger partial charge >= 0.3 is 0 Å². The molecule has 0 radical (unpaired) electrons. The number of ether oxygens (including phenoxy) is 1. The second kappa shape index (κ2) is 7.27. The van der Waals surface area contributed by atoms with Crippen molar-refractivity contribution >= 4 is 5.91 Å². The van der Waals surface area contributed by atoms with Crippen molar-refractivity contribution in [2.45, 2.75) is 39.8 Å². The fourth-order valence-corrected chi connectivity index (χ4v) is 2.42. The summed E-state index contributed by atoms with van der Waals surface area (Å²) in [5.74, 6) is 0.180. The number of hydrogen-bond donors (Lipinski definition) is 1. The van der Waals surface area contributed by atoms with Gasteiger partial charge in [0.25, 0.3) is 5.91 Å². The molecule has 0 fully saturated rings. The van der Waals surface area contributed by atoms with E-state index in [0.717, 1.165) is 16.7 Å². The summed E-state index contributed by atoms with van der Waals surface area (Å²) in [4.78, 5) is 12.3. The molecule has 1 N–H and O–H groups in total. The molecule has 0 aliphatic heterocycles. The Balaban J connectivity index is 1.97. The van der Waals surface area contributed by atoms with Gasteiger partial charge in [-0.1, -0.05) is 18.2 Å². The number of rotatable bonds is 5. The summed E-state index contributed by atoms with van der Waals surface area (Å²) in [5, 5.41) is 2.88. The molecule has 122 valence electrons. The van der Waals surface area contributed by atoms with E-state index in [2.05, 4.69) is 5.32 Å². The summed E-state index contributed by atoms with van der Waals surface area (Å²) in [6.45, 7) is 7.54. The highest BCUT2D eigenvalue weighted by molar-refractivity contribution is 5.81. The zero-order valence-corrected chi connectivity index (χ0v) is 13.9. The van der Waals surface area contributed by atoms with Crippen molar-refractivity contribution in [2.24, 2.45) is 0 Å². The molecule has 0 aromatic heterocycles. The number of halogens is 1. The van der Waals surface area contributed by atoms with E-state index in [1.165, 1.54) is 12.1 Å². The van der Waals surface area contributed by atoms with Crippen LogP contribution in [0.25, 0.3) is 0 Å². The van der Waals surface area contributed by atoms with Crippen molar-refractivity contribution in [3.63, 3.8) is 0 Å². The van der Waals surface area contributed by atoms with E-state index < -0.39 is 6.10 Å². The Kier molecular flexibility index (Phi) is 5.37. The van der Waals surface area contributed by atoms with Gasteiger partial charge in [0.15, 0.2) is 6.10 Å². The Hall–Kier alpha value is -2.36. The van der Waals surface area contributed by atoms with Crippen LogP contribution in [0.1, 0.15) is 36.6 Å². The van der Waals surface area contributed by atoms with Crippen LogP contribution in [-0.4, -0.2) is 12.0 Å². The van der Waals surface area contributed by atoms with E-state index in [9.17, 15) is 9.18 Å². The van der Waals surface area contributed by atoms with Crippen LogP contribution in [0.15, 0.2) is 42.5 Å². The first kappa shape index (κ1) is 17.0. The molecule has 3 nitrogen and oxygen atoms in total. The molecule has 23 heavy (non-hydrogen) atoms. The Morgan fingerprint density at radius 1 is 1.04 bits per heavy atom. The lowest BCUT2D eigenvalue weighted by atomic mass is 10.1. The van der Waals surface area contributed by atoms with Crippen molar-refractivity contribution in [1.82, 2.24) is 5.32 Å². The zero-order valence-electron chi connectivity index (χ0n) is 13.9. The van der Waals surface area contributed by atoms with Gasteiger partial charge in [-0.3, -0.25) is 4.79 Å². The second-order valence-corrected chi connectivity index (χ2v) is 5.87. The summed E-state index contributed by atoms with van der Waals surface area (Å²) in [7, 11) is 0. The number of carbonyl (C=O) groups excluding carboxylic acids is 1. The molecule has 0 heterocycles. The van der Waals surface area contributed by atoms with Gasteiger partial charge in [-0.05, 0) is 68.7 Å².